The maximum absolute atomic E-state index is 12.2. The number of nitrogen functional groups attached to an aromatic ring is 1. The normalized spacial score (nSPS) is 11.2. The lowest BCUT2D eigenvalue weighted by molar-refractivity contribution is 0.579. The van der Waals surface area contributed by atoms with Crippen LogP contribution in [0.4, 0.5) is 5.69 Å². The first-order valence-electron chi connectivity index (χ1n) is 5.70. The second-order valence-corrected chi connectivity index (χ2v) is 5.91. The van der Waals surface area contributed by atoms with Crippen molar-refractivity contribution in [1.82, 2.24) is 14.5 Å². The van der Waals surface area contributed by atoms with Crippen LogP contribution < -0.4 is 10.5 Å². The predicted molar refractivity (Wildman–Crippen MR) is 72.8 cm³/mol. The van der Waals surface area contributed by atoms with E-state index in [2.05, 4.69) is 9.82 Å². The summed E-state index contributed by atoms with van der Waals surface area (Å²) in [5, 5.41) is 13.1. The zero-order chi connectivity index (χ0) is 14.8. The number of nitrogens with two attached hydrogens (primary N) is 1. The molecule has 0 fully saturated rings. The lowest BCUT2D eigenvalue weighted by Gasteiger charge is -2.07. The number of hydrogen-bond acceptors (Lipinski definition) is 5. The summed E-state index contributed by atoms with van der Waals surface area (Å²) in [5.74, 6) is 0. The van der Waals surface area contributed by atoms with Gasteiger partial charge in [0.1, 0.15) is 6.07 Å². The molecule has 0 aliphatic carbocycles. The molecule has 0 bridgehead atoms. The first-order chi connectivity index (χ1) is 9.42. The Bertz CT molecular complexity index is 773. The number of hydrogen-bond donors (Lipinski definition) is 2. The summed E-state index contributed by atoms with van der Waals surface area (Å²) < 4.78 is 28.3. The van der Waals surface area contributed by atoms with Gasteiger partial charge in [-0.3, -0.25) is 4.68 Å². The van der Waals surface area contributed by atoms with Gasteiger partial charge in [-0.25, -0.2) is 13.1 Å². The van der Waals surface area contributed by atoms with Crippen LogP contribution in [-0.2, 0) is 23.6 Å². The van der Waals surface area contributed by atoms with Crippen LogP contribution in [0.2, 0.25) is 0 Å². The summed E-state index contributed by atoms with van der Waals surface area (Å²) in [4.78, 5) is -0.0925. The summed E-state index contributed by atoms with van der Waals surface area (Å²) in [6.07, 6.45) is 1.72. The molecular weight excluding hydrogens is 278 g/mol. The van der Waals surface area contributed by atoms with Crippen LogP contribution in [0.3, 0.4) is 0 Å². The number of sulfonamides is 1. The van der Waals surface area contributed by atoms with E-state index in [-0.39, 0.29) is 17.0 Å². The summed E-state index contributed by atoms with van der Waals surface area (Å²) in [6.45, 7) is 0.0540. The lowest BCUT2D eigenvalue weighted by atomic mass is 10.2. The van der Waals surface area contributed by atoms with Crippen molar-refractivity contribution in [2.75, 3.05) is 5.73 Å². The van der Waals surface area contributed by atoms with Crippen molar-refractivity contribution in [3.05, 3.63) is 41.7 Å². The maximum Gasteiger partial charge on any atom is 0.242 e. The monoisotopic (exact) mass is 291 g/mol. The van der Waals surface area contributed by atoms with Gasteiger partial charge in [0.2, 0.25) is 10.0 Å². The lowest BCUT2D eigenvalue weighted by Crippen LogP contribution is -2.24. The second-order valence-electron chi connectivity index (χ2n) is 4.17. The molecule has 2 aromatic rings. The standard InChI is InChI=1S/C12H13N5O2S/c1-17-5-4-11(16-17)8-15-20(18,19)12-3-2-10(14)6-9(12)7-13/h2-6,15H,8,14H2,1H3. The van der Waals surface area contributed by atoms with Crippen LogP contribution in [0, 0.1) is 11.3 Å². The number of aryl methyl sites for hydroxylation is 1. The third kappa shape index (κ3) is 2.96. The minimum absolute atomic E-state index is 0.0125. The van der Waals surface area contributed by atoms with Crippen LogP contribution in [0.1, 0.15) is 11.3 Å². The number of benzene rings is 1. The topological polar surface area (TPSA) is 114 Å². The molecule has 0 saturated heterocycles. The molecule has 0 spiro atoms. The van der Waals surface area contributed by atoms with Crippen molar-refractivity contribution in [2.45, 2.75) is 11.4 Å². The molecule has 3 N–H and O–H groups in total. The highest BCUT2D eigenvalue weighted by Gasteiger charge is 2.18. The molecule has 20 heavy (non-hydrogen) atoms. The Morgan fingerprint density at radius 3 is 2.80 bits per heavy atom. The molecule has 0 aliphatic rings. The molecular formula is C12H13N5O2S. The van der Waals surface area contributed by atoms with Crippen molar-refractivity contribution in [1.29, 1.82) is 5.26 Å². The first-order valence-corrected chi connectivity index (χ1v) is 7.18. The minimum atomic E-state index is -3.79. The van der Waals surface area contributed by atoms with E-state index in [9.17, 15) is 8.42 Å². The van der Waals surface area contributed by atoms with Gasteiger partial charge < -0.3 is 5.73 Å². The highest BCUT2D eigenvalue weighted by atomic mass is 32.2. The Morgan fingerprint density at radius 1 is 1.45 bits per heavy atom. The number of anilines is 1. The Morgan fingerprint density at radius 2 is 2.20 bits per heavy atom. The van der Waals surface area contributed by atoms with Crippen LogP contribution in [-0.4, -0.2) is 18.2 Å². The largest absolute Gasteiger partial charge is 0.399 e. The van der Waals surface area contributed by atoms with Gasteiger partial charge in [-0.2, -0.15) is 10.4 Å². The average Bonchev–Trinajstić information content (AvgIpc) is 2.82. The van der Waals surface area contributed by atoms with Gasteiger partial charge >= 0.3 is 0 Å². The van der Waals surface area contributed by atoms with Crippen LogP contribution in [0.15, 0.2) is 35.4 Å². The number of aromatic nitrogens is 2. The van der Waals surface area contributed by atoms with E-state index >= 15 is 0 Å². The number of nitriles is 1. The SMILES string of the molecule is Cn1ccc(CNS(=O)(=O)c2ccc(N)cc2C#N)n1. The van der Waals surface area contributed by atoms with Crippen LogP contribution >= 0.6 is 0 Å². The smallest absolute Gasteiger partial charge is 0.242 e. The number of nitrogens with zero attached hydrogens (tertiary/aromatic N) is 3. The van der Waals surface area contributed by atoms with E-state index in [0.29, 0.717) is 11.4 Å². The molecule has 0 radical (unpaired) electrons. The van der Waals surface area contributed by atoms with Gasteiger partial charge in [0.25, 0.3) is 0 Å². The van der Waals surface area contributed by atoms with Gasteiger partial charge in [0.15, 0.2) is 0 Å². The fourth-order valence-electron chi connectivity index (χ4n) is 1.67. The molecule has 0 unspecified atom stereocenters. The Labute approximate surface area is 116 Å². The molecule has 104 valence electrons. The Kier molecular flexibility index (Phi) is 3.74. The summed E-state index contributed by atoms with van der Waals surface area (Å²) in [7, 11) is -2.04. The summed E-state index contributed by atoms with van der Waals surface area (Å²) >= 11 is 0. The van der Waals surface area contributed by atoms with Gasteiger partial charge in [0, 0.05) is 18.9 Å². The zero-order valence-electron chi connectivity index (χ0n) is 10.7. The zero-order valence-corrected chi connectivity index (χ0v) is 11.6. The third-order valence-corrected chi connectivity index (χ3v) is 4.09. The van der Waals surface area contributed by atoms with Crippen molar-refractivity contribution in [3.63, 3.8) is 0 Å². The summed E-state index contributed by atoms with van der Waals surface area (Å²) in [6, 6.07) is 7.61. The van der Waals surface area contributed by atoms with Crippen molar-refractivity contribution < 1.29 is 8.42 Å². The fourth-order valence-corrected chi connectivity index (χ4v) is 2.81. The minimum Gasteiger partial charge on any atom is -0.399 e. The molecule has 0 atom stereocenters. The maximum atomic E-state index is 12.2. The van der Waals surface area contributed by atoms with E-state index in [4.69, 9.17) is 11.0 Å². The molecule has 1 heterocycles. The van der Waals surface area contributed by atoms with E-state index in [1.807, 2.05) is 6.07 Å². The Hall–Kier alpha value is -2.37. The van der Waals surface area contributed by atoms with E-state index < -0.39 is 10.0 Å². The molecule has 0 amide bonds. The van der Waals surface area contributed by atoms with Crippen molar-refractivity contribution in [2.24, 2.45) is 7.05 Å². The van der Waals surface area contributed by atoms with Gasteiger partial charge in [-0.1, -0.05) is 0 Å². The number of nitrogens with one attached hydrogen (secondary N) is 1. The van der Waals surface area contributed by atoms with Gasteiger partial charge in [-0.15, -0.1) is 0 Å². The third-order valence-electron chi connectivity index (χ3n) is 2.63. The molecule has 8 heteroatoms. The molecule has 2 rings (SSSR count). The van der Waals surface area contributed by atoms with E-state index in [1.165, 1.54) is 18.2 Å². The fraction of sp³-hybridized carbons (Fsp3) is 0.167. The Balaban J connectivity index is 2.25. The van der Waals surface area contributed by atoms with E-state index in [0.717, 1.165) is 0 Å². The van der Waals surface area contributed by atoms with Crippen LogP contribution in [0.25, 0.3) is 0 Å². The molecule has 1 aromatic carbocycles. The van der Waals surface area contributed by atoms with Gasteiger partial charge in [0.05, 0.1) is 22.7 Å². The van der Waals surface area contributed by atoms with Crippen molar-refractivity contribution >= 4 is 15.7 Å². The quantitative estimate of drug-likeness (QED) is 0.789. The predicted octanol–water partition coefficient (Wildman–Crippen LogP) is 0.352. The second kappa shape index (κ2) is 5.32. The number of rotatable bonds is 4. The molecule has 0 aliphatic heterocycles. The average molecular weight is 291 g/mol. The summed E-state index contributed by atoms with van der Waals surface area (Å²) in [5.41, 5.74) is 6.47. The van der Waals surface area contributed by atoms with E-state index in [1.54, 1.807) is 24.0 Å². The first kappa shape index (κ1) is 14.0. The van der Waals surface area contributed by atoms with Gasteiger partial charge in [-0.05, 0) is 24.3 Å². The van der Waals surface area contributed by atoms with Crippen molar-refractivity contribution in [3.8, 4) is 6.07 Å². The molecule has 0 saturated carbocycles. The molecule has 1 aromatic heterocycles. The highest BCUT2D eigenvalue weighted by molar-refractivity contribution is 7.89. The highest BCUT2D eigenvalue weighted by Crippen LogP contribution is 2.18. The molecule has 7 nitrogen and oxygen atoms in total. The van der Waals surface area contributed by atoms with Crippen LogP contribution in [0.5, 0.6) is 0 Å².